The largest absolute Gasteiger partial charge is 0.379 e. The summed E-state index contributed by atoms with van der Waals surface area (Å²) >= 11 is 0. The Hall–Kier alpha value is -0.870. The van der Waals surface area contributed by atoms with Crippen LogP contribution in [0.4, 0.5) is 0 Å². The van der Waals surface area contributed by atoms with Gasteiger partial charge in [-0.2, -0.15) is 5.10 Å². The lowest BCUT2D eigenvalue weighted by Gasteiger charge is -2.24. The minimum atomic E-state index is 0.212. The van der Waals surface area contributed by atoms with E-state index in [-0.39, 0.29) is 12.1 Å². The zero-order chi connectivity index (χ0) is 10.8. The number of ether oxygens (including phenoxy) is 1. The molecule has 2 atom stereocenters. The Balaban J connectivity index is 2.14. The highest BCUT2D eigenvalue weighted by Crippen LogP contribution is 2.39. The molecule has 0 aliphatic heterocycles. The van der Waals surface area contributed by atoms with E-state index in [0.29, 0.717) is 5.92 Å². The van der Waals surface area contributed by atoms with Crippen molar-refractivity contribution < 1.29 is 4.74 Å². The zero-order valence-electron chi connectivity index (χ0n) is 9.60. The lowest BCUT2D eigenvalue weighted by atomic mass is 10.0. The van der Waals surface area contributed by atoms with Gasteiger partial charge in [-0.3, -0.25) is 4.68 Å². The molecule has 2 rings (SSSR count). The van der Waals surface area contributed by atoms with Crippen molar-refractivity contribution in [1.29, 1.82) is 0 Å². The summed E-state index contributed by atoms with van der Waals surface area (Å²) in [6.45, 7) is 0. The molecule has 1 heterocycles. The lowest BCUT2D eigenvalue weighted by molar-refractivity contribution is 0.0516. The molecule has 1 saturated carbocycles. The Morgan fingerprint density at radius 3 is 2.73 bits per heavy atom. The summed E-state index contributed by atoms with van der Waals surface area (Å²) < 4.78 is 7.41. The number of aromatic nitrogens is 2. The van der Waals surface area contributed by atoms with E-state index in [1.54, 1.807) is 7.11 Å². The van der Waals surface area contributed by atoms with Gasteiger partial charge in [-0.1, -0.05) is 0 Å². The quantitative estimate of drug-likeness (QED) is 0.789. The van der Waals surface area contributed by atoms with E-state index in [1.165, 1.54) is 12.8 Å². The van der Waals surface area contributed by atoms with Crippen molar-refractivity contribution in [3.05, 3.63) is 18.0 Å². The van der Waals surface area contributed by atoms with Gasteiger partial charge in [-0.15, -0.1) is 0 Å². The van der Waals surface area contributed by atoms with E-state index >= 15 is 0 Å². The third kappa shape index (κ3) is 2.21. The van der Waals surface area contributed by atoms with E-state index in [4.69, 9.17) is 4.74 Å². The second kappa shape index (κ2) is 4.33. The molecular weight excluding hydrogens is 190 g/mol. The molecule has 0 radical (unpaired) electrons. The lowest BCUT2D eigenvalue weighted by Crippen LogP contribution is -2.33. The Kier molecular flexibility index (Phi) is 3.07. The Labute approximate surface area is 90.6 Å². The van der Waals surface area contributed by atoms with Crippen LogP contribution in [0, 0.1) is 5.92 Å². The minimum absolute atomic E-state index is 0.212. The molecule has 1 fully saturated rings. The van der Waals surface area contributed by atoms with Gasteiger partial charge in [0.2, 0.25) is 0 Å². The summed E-state index contributed by atoms with van der Waals surface area (Å²) in [4.78, 5) is 0. The number of methoxy groups -OCH3 is 1. The molecule has 2 unspecified atom stereocenters. The van der Waals surface area contributed by atoms with Gasteiger partial charge in [0, 0.05) is 20.4 Å². The number of nitrogens with one attached hydrogen (secondary N) is 1. The van der Waals surface area contributed by atoms with Gasteiger partial charge in [0.25, 0.3) is 0 Å². The number of rotatable bonds is 5. The predicted molar refractivity (Wildman–Crippen MR) is 58.5 cm³/mol. The molecule has 4 heteroatoms. The summed E-state index contributed by atoms with van der Waals surface area (Å²) in [5.41, 5.74) is 1.07. The Morgan fingerprint density at radius 2 is 2.33 bits per heavy atom. The number of nitrogens with zero attached hydrogens (tertiary/aromatic N) is 2. The Morgan fingerprint density at radius 1 is 1.60 bits per heavy atom. The van der Waals surface area contributed by atoms with Gasteiger partial charge in [0.05, 0.1) is 17.8 Å². The average Bonchev–Trinajstić information content (AvgIpc) is 2.98. The minimum Gasteiger partial charge on any atom is -0.379 e. The molecule has 0 saturated heterocycles. The molecule has 15 heavy (non-hydrogen) atoms. The number of hydrogen-bond donors (Lipinski definition) is 1. The van der Waals surface area contributed by atoms with Crippen molar-refractivity contribution in [3.8, 4) is 0 Å². The van der Waals surface area contributed by atoms with Gasteiger partial charge < -0.3 is 10.1 Å². The third-order valence-electron chi connectivity index (χ3n) is 3.05. The van der Waals surface area contributed by atoms with Crippen LogP contribution < -0.4 is 5.32 Å². The first kappa shape index (κ1) is 10.6. The second-order valence-corrected chi connectivity index (χ2v) is 4.22. The molecule has 0 aromatic carbocycles. The summed E-state index contributed by atoms with van der Waals surface area (Å²) in [6.07, 6.45) is 4.79. The summed E-state index contributed by atoms with van der Waals surface area (Å²) in [5, 5.41) is 7.74. The van der Waals surface area contributed by atoms with Crippen LogP contribution in [0.5, 0.6) is 0 Å². The molecule has 1 aliphatic carbocycles. The van der Waals surface area contributed by atoms with Gasteiger partial charge in [0.1, 0.15) is 0 Å². The van der Waals surface area contributed by atoms with Crippen molar-refractivity contribution >= 4 is 0 Å². The average molecular weight is 209 g/mol. The van der Waals surface area contributed by atoms with Crippen LogP contribution in [0.15, 0.2) is 12.3 Å². The van der Waals surface area contributed by atoms with E-state index < -0.39 is 0 Å². The highest BCUT2D eigenvalue weighted by Gasteiger charge is 2.37. The molecule has 0 spiro atoms. The zero-order valence-corrected chi connectivity index (χ0v) is 9.60. The van der Waals surface area contributed by atoms with Crippen LogP contribution in [0.3, 0.4) is 0 Å². The highest BCUT2D eigenvalue weighted by atomic mass is 16.5. The fourth-order valence-corrected chi connectivity index (χ4v) is 2.10. The van der Waals surface area contributed by atoms with Crippen LogP contribution in [-0.2, 0) is 11.8 Å². The highest BCUT2D eigenvalue weighted by molar-refractivity contribution is 5.09. The topological polar surface area (TPSA) is 39.1 Å². The summed E-state index contributed by atoms with van der Waals surface area (Å²) in [6, 6.07) is 2.26. The maximum absolute atomic E-state index is 5.58. The smallest absolute Gasteiger partial charge is 0.0820 e. The first-order valence-electron chi connectivity index (χ1n) is 5.46. The first-order chi connectivity index (χ1) is 7.26. The SMILES string of the molecule is CNC(c1ccn(C)n1)C(OC)C1CC1. The molecule has 1 aliphatic rings. The normalized spacial score (nSPS) is 20.2. The van der Waals surface area contributed by atoms with Crippen molar-refractivity contribution in [3.63, 3.8) is 0 Å². The molecular formula is C11H19N3O. The van der Waals surface area contributed by atoms with E-state index in [9.17, 15) is 0 Å². The van der Waals surface area contributed by atoms with Gasteiger partial charge in [0.15, 0.2) is 0 Å². The number of likely N-dealkylation sites (N-methyl/N-ethyl adjacent to an activating group) is 1. The first-order valence-corrected chi connectivity index (χ1v) is 5.46. The molecule has 1 aromatic heterocycles. The Bertz CT molecular complexity index is 319. The molecule has 4 nitrogen and oxygen atoms in total. The van der Waals surface area contributed by atoms with Crippen molar-refractivity contribution in [2.45, 2.75) is 25.0 Å². The van der Waals surface area contributed by atoms with Crippen LogP contribution >= 0.6 is 0 Å². The summed E-state index contributed by atoms with van der Waals surface area (Å²) in [7, 11) is 5.69. The molecule has 0 bridgehead atoms. The fourth-order valence-electron chi connectivity index (χ4n) is 2.10. The van der Waals surface area contributed by atoms with E-state index in [0.717, 1.165) is 5.69 Å². The van der Waals surface area contributed by atoms with E-state index in [1.807, 2.05) is 25.0 Å². The molecule has 1 N–H and O–H groups in total. The van der Waals surface area contributed by atoms with Crippen LogP contribution in [0.1, 0.15) is 24.6 Å². The van der Waals surface area contributed by atoms with Crippen molar-refractivity contribution in [1.82, 2.24) is 15.1 Å². The van der Waals surface area contributed by atoms with Crippen LogP contribution in [0.2, 0.25) is 0 Å². The molecule has 0 amide bonds. The van der Waals surface area contributed by atoms with Crippen LogP contribution in [0.25, 0.3) is 0 Å². The fraction of sp³-hybridized carbons (Fsp3) is 0.727. The van der Waals surface area contributed by atoms with Gasteiger partial charge >= 0.3 is 0 Å². The molecule has 1 aromatic rings. The maximum atomic E-state index is 5.58. The van der Waals surface area contributed by atoms with E-state index in [2.05, 4.69) is 16.5 Å². The van der Waals surface area contributed by atoms with Crippen molar-refractivity contribution in [2.24, 2.45) is 13.0 Å². The maximum Gasteiger partial charge on any atom is 0.0820 e. The van der Waals surface area contributed by atoms with Crippen LogP contribution in [-0.4, -0.2) is 30.0 Å². The number of hydrogen-bond acceptors (Lipinski definition) is 3. The van der Waals surface area contributed by atoms with Gasteiger partial charge in [-0.05, 0) is 31.9 Å². The summed E-state index contributed by atoms with van der Waals surface area (Å²) in [5.74, 6) is 0.703. The second-order valence-electron chi connectivity index (χ2n) is 4.22. The molecule has 84 valence electrons. The predicted octanol–water partition coefficient (Wildman–Crippen LogP) is 1.11. The number of aryl methyl sites for hydroxylation is 1. The standard InChI is InChI=1S/C11H19N3O/c1-12-10(9-6-7-14(2)13-9)11(15-3)8-4-5-8/h6-8,10-12H,4-5H2,1-3H3. The monoisotopic (exact) mass is 209 g/mol. The van der Waals surface area contributed by atoms with Gasteiger partial charge in [-0.25, -0.2) is 0 Å². The van der Waals surface area contributed by atoms with Crippen molar-refractivity contribution in [2.75, 3.05) is 14.2 Å². The third-order valence-corrected chi connectivity index (χ3v) is 3.05.